The first-order chi connectivity index (χ1) is 8.51. The van der Waals surface area contributed by atoms with E-state index in [1.54, 1.807) is 0 Å². The number of anilines is 1. The molecule has 0 unspecified atom stereocenters. The van der Waals surface area contributed by atoms with E-state index >= 15 is 0 Å². The zero-order valence-corrected chi connectivity index (χ0v) is 11.9. The summed E-state index contributed by atoms with van der Waals surface area (Å²) in [4.78, 5) is 6.82. The van der Waals surface area contributed by atoms with Crippen molar-refractivity contribution in [2.75, 3.05) is 31.2 Å². The molecule has 0 N–H and O–H groups in total. The minimum atomic E-state index is 0.185. The zero-order valence-electron chi connectivity index (χ0n) is 11.9. The molecule has 1 fully saturated rings. The highest BCUT2D eigenvalue weighted by molar-refractivity contribution is 5.43. The van der Waals surface area contributed by atoms with Gasteiger partial charge >= 0.3 is 0 Å². The Hall–Kier alpha value is -1.09. The molecule has 0 bridgehead atoms. The molecule has 0 saturated carbocycles. The van der Waals surface area contributed by atoms with Gasteiger partial charge in [0, 0.05) is 19.3 Å². The molecule has 0 amide bonds. The molecular weight excluding hydrogens is 224 g/mol. The smallest absolute Gasteiger partial charge is 0.128 e. The van der Waals surface area contributed by atoms with E-state index in [1.807, 2.05) is 6.20 Å². The lowest BCUT2D eigenvalue weighted by atomic mass is 9.75. The molecule has 2 rings (SSSR count). The lowest BCUT2D eigenvalue weighted by Crippen LogP contribution is -2.37. The van der Waals surface area contributed by atoms with Crippen LogP contribution in [0.15, 0.2) is 18.3 Å². The quantitative estimate of drug-likeness (QED) is 0.822. The summed E-state index contributed by atoms with van der Waals surface area (Å²) >= 11 is 0. The number of rotatable bonds is 3. The maximum absolute atomic E-state index is 5.39. The monoisotopic (exact) mass is 248 g/mol. The molecule has 0 aromatic carbocycles. The molecule has 1 aromatic rings. The minimum Gasteiger partial charge on any atom is -0.378 e. The third-order valence-electron chi connectivity index (χ3n) is 4.27. The summed E-state index contributed by atoms with van der Waals surface area (Å²) < 4.78 is 5.39. The van der Waals surface area contributed by atoms with Crippen molar-refractivity contribution in [2.24, 2.45) is 5.92 Å². The number of nitrogens with zero attached hydrogens (tertiary/aromatic N) is 2. The highest BCUT2D eigenvalue weighted by Crippen LogP contribution is 2.32. The van der Waals surface area contributed by atoms with Gasteiger partial charge in [-0.15, -0.1) is 0 Å². The standard InChI is InChI=1S/C15H24N2O/c1-12(2)15(3,4)13-5-6-16-14(11-13)17-7-9-18-10-8-17/h5-6,11-12H,7-10H2,1-4H3. The number of morpholine rings is 1. The van der Waals surface area contributed by atoms with Gasteiger partial charge in [-0.2, -0.15) is 0 Å². The number of ether oxygens (including phenoxy) is 1. The van der Waals surface area contributed by atoms with Crippen LogP contribution < -0.4 is 4.90 Å². The maximum atomic E-state index is 5.39. The Kier molecular flexibility index (Phi) is 3.91. The van der Waals surface area contributed by atoms with Crippen molar-refractivity contribution in [1.82, 2.24) is 4.98 Å². The Labute approximate surface area is 110 Å². The van der Waals surface area contributed by atoms with Crippen molar-refractivity contribution in [1.29, 1.82) is 0 Å². The molecule has 0 radical (unpaired) electrons. The molecule has 0 aliphatic carbocycles. The van der Waals surface area contributed by atoms with Crippen molar-refractivity contribution in [3.63, 3.8) is 0 Å². The van der Waals surface area contributed by atoms with Crippen LogP contribution in [-0.4, -0.2) is 31.3 Å². The predicted molar refractivity (Wildman–Crippen MR) is 75.1 cm³/mol. The number of hydrogen-bond donors (Lipinski definition) is 0. The summed E-state index contributed by atoms with van der Waals surface area (Å²) in [5, 5.41) is 0. The Morgan fingerprint density at radius 3 is 2.56 bits per heavy atom. The van der Waals surface area contributed by atoms with Gasteiger partial charge in [-0.05, 0) is 29.0 Å². The highest BCUT2D eigenvalue weighted by Gasteiger charge is 2.25. The van der Waals surface area contributed by atoms with Gasteiger partial charge in [-0.25, -0.2) is 4.98 Å². The lowest BCUT2D eigenvalue weighted by molar-refractivity contribution is 0.122. The zero-order chi connectivity index (χ0) is 13.2. The summed E-state index contributed by atoms with van der Waals surface area (Å²) in [5.41, 5.74) is 1.55. The molecule has 100 valence electrons. The maximum Gasteiger partial charge on any atom is 0.128 e. The van der Waals surface area contributed by atoms with Crippen LogP contribution in [0.4, 0.5) is 5.82 Å². The van der Waals surface area contributed by atoms with E-state index in [4.69, 9.17) is 4.74 Å². The molecule has 3 nitrogen and oxygen atoms in total. The van der Waals surface area contributed by atoms with Gasteiger partial charge in [0.25, 0.3) is 0 Å². The number of pyridine rings is 1. The van der Waals surface area contributed by atoms with Gasteiger partial charge in [-0.1, -0.05) is 27.7 Å². The minimum absolute atomic E-state index is 0.185. The van der Waals surface area contributed by atoms with Gasteiger partial charge in [-0.3, -0.25) is 0 Å². The van der Waals surface area contributed by atoms with Gasteiger partial charge in [0.2, 0.25) is 0 Å². The first-order valence-electron chi connectivity index (χ1n) is 6.81. The summed E-state index contributed by atoms with van der Waals surface area (Å²) in [7, 11) is 0. The molecule has 0 atom stereocenters. The van der Waals surface area contributed by atoms with Crippen LogP contribution in [0.3, 0.4) is 0 Å². The van der Waals surface area contributed by atoms with E-state index in [0.717, 1.165) is 32.1 Å². The average molecular weight is 248 g/mol. The molecule has 1 aromatic heterocycles. The van der Waals surface area contributed by atoms with Gasteiger partial charge < -0.3 is 9.64 Å². The third kappa shape index (κ3) is 2.66. The van der Waals surface area contributed by atoms with Crippen LogP contribution in [0.25, 0.3) is 0 Å². The Morgan fingerprint density at radius 2 is 1.94 bits per heavy atom. The van der Waals surface area contributed by atoms with E-state index < -0.39 is 0 Å². The summed E-state index contributed by atoms with van der Waals surface area (Å²) in [5.74, 6) is 1.70. The van der Waals surface area contributed by atoms with Crippen LogP contribution in [0, 0.1) is 5.92 Å². The van der Waals surface area contributed by atoms with Crippen molar-refractivity contribution >= 4 is 5.82 Å². The van der Waals surface area contributed by atoms with E-state index in [9.17, 15) is 0 Å². The second-order valence-electron chi connectivity index (χ2n) is 5.88. The Balaban J connectivity index is 2.24. The first kappa shape index (κ1) is 13.3. The normalized spacial score (nSPS) is 17.3. The second kappa shape index (κ2) is 5.27. The largest absolute Gasteiger partial charge is 0.378 e. The molecule has 3 heteroatoms. The van der Waals surface area contributed by atoms with E-state index in [2.05, 4.69) is 49.7 Å². The molecule has 18 heavy (non-hydrogen) atoms. The van der Waals surface area contributed by atoms with E-state index in [1.165, 1.54) is 5.56 Å². The molecular formula is C15H24N2O. The fraction of sp³-hybridized carbons (Fsp3) is 0.667. The predicted octanol–water partition coefficient (Wildman–Crippen LogP) is 2.85. The third-order valence-corrected chi connectivity index (χ3v) is 4.27. The van der Waals surface area contributed by atoms with Crippen molar-refractivity contribution in [2.45, 2.75) is 33.1 Å². The second-order valence-corrected chi connectivity index (χ2v) is 5.88. The number of hydrogen-bond acceptors (Lipinski definition) is 3. The molecule has 2 heterocycles. The summed E-state index contributed by atoms with van der Waals surface area (Å²) in [6.45, 7) is 12.6. The van der Waals surface area contributed by atoms with Crippen molar-refractivity contribution < 1.29 is 4.74 Å². The van der Waals surface area contributed by atoms with Crippen LogP contribution in [-0.2, 0) is 10.2 Å². The van der Waals surface area contributed by atoms with Crippen LogP contribution >= 0.6 is 0 Å². The fourth-order valence-corrected chi connectivity index (χ4v) is 2.12. The molecule has 1 saturated heterocycles. The van der Waals surface area contributed by atoms with Crippen LogP contribution in [0.1, 0.15) is 33.3 Å². The summed E-state index contributed by atoms with van der Waals surface area (Å²) in [6.07, 6.45) is 1.93. The molecule has 1 aliphatic rings. The molecule has 0 spiro atoms. The topological polar surface area (TPSA) is 25.4 Å². The SMILES string of the molecule is CC(C)C(C)(C)c1ccnc(N2CCOCC2)c1. The first-order valence-corrected chi connectivity index (χ1v) is 6.81. The Morgan fingerprint density at radius 1 is 1.28 bits per heavy atom. The lowest BCUT2D eigenvalue weighted by Gasteiger charge is -2.32. The molecule has 1 aliphatic heterocycles. The number of aromatic nitrogens is 1. The average Bonchev–Trinajstić information content (AvgIpc) is 2.40. The Bertz CT molecular complexity index is 395. The van der Waals surface area contributed by atoms with E-state index in [0.29, 0.717) is 5.92 Å². The van der Waals surface area contributed by atoms with Crippen molar-refractivity contribution in [3.8, 4) is 0 Å². The van der Waals surface area contributed by atoms with Crippen molar-refractivity contribution in [3.05, 3.63) is 23.9 Å². The van der Waals surface area contributed by atoms with Gasteiger partial charge in [0.05, 0.1) is 13.2 Å². The van der Waals surface area contributed by atoms with Crippen LogP contribution in [0.5, 0.6) is 0 Å². The van der Waals surface area contributed by atoms with Gasteiger partial charge in [0.15, 0.2) is 0 Å². The van der Waals surface area contributed by atoms with E-state index in [-0.39, 0.29) is 5.41 Å². The highest BCUT2D eigenvalue weighted by atomic mass is 16.5. The van der Waals surface area contributed by atoms with Gasteiger partial charge in [0.1, 0.15) is 5.82 Å². The van der Waals surface area contributed by atoms with Crippen LogP contribution in [0.2, 0.25) is 0 Å². The summed E-state index contributed by atoms with van der Waals surface area (Å²) in [6, 6.07) is 4.38. The fourth-order valence-electron chi connectivity index (χ4n) is 2.12.